The van der Waals surface area contributed by atoms with Gasteiger partial charge in [0.25, 0.3) is 0 Å². The van der Waals surface area contributed by atoms with Crippen molar-refractivity contribution in [3.63, 3.8) is 0 Å². The van der Waals surface area contributed by atoms with E-state index in [1.165, 1.54) is 17.5 Å². The van der Waals surface area contributed by atoms with Gasteiger partial charge < -0.3 is 4.74 Å². The summed E-state index contributed by atoms with van der Waals surface area (Å²) in [4.78, 5) is 0. The first-order valence-corrected chi connectivity index (χ1v) is 5.08. The molecule has 1 heteroatoms. The topological polar surface area (TPSA) is 9.23 Å². The second-order valence-electron chi connectivity index (χ2n) is 3.06. The Morgan fingerprint density at radius 3 is 2.77 bits per heavy atom. The van der Waals surface area contributed by atoms with Crippen LogP contribution in [-0.4, -0.2) is 6.61 Å². The fraction of sp³-hybridized carbons (Fsp3) is 0.500. The van der Waals surface area contributed by atoms with Crippen molar-refractivity contribution >= 4 is 0 Å². The predicted octanol–water partition coefficient (Wildman–Crippen LogP) is 3.35. The van der Waals surface area contributed by atoms with Gasteiger partial charge in [-0.15, -0.1) is 0 Å². The van der Waals surface area contributed by atoms with Crippen molar-refractivity contribution < 1.29 is 4.74 Å². The van der Waals surface area contributed by atoms with Gasteiger partial charge in [-0.3, -0.25) is 0 Å². The Bertz CT molecular complexity index is 266. The van der Waals surface area contributed by atoms with Crippen molar-refractivity contribution in [3.8, 4) is 5.75 Å². The van der Waals surface area contributed by atoms with Crippen molar-refractivity contribution in [2.45, 2.75) is 33.6 Å². The minimum atomic E-state index is 0.885. The summed E-state index contributed by atoms with van der Waals surface area (Å²) in [7, 11) is 0. The van der Waals surface area contributed by atoms with E-state index in [1.54, 1.807) is 0 Å². The Kier molecular flexibility index (Phi) is 3.81. The first-order valence-electron chi connectivity index (χ1n) is 5.08. The minimum absolute atomic E-state index is 0.885. The molecule has 72 valence electrons. The molecule has 0 fully saturated rings. The van der Waals surface area contributed by atoms with Crippen LogP contribution in [0.2, 0.25) is 0 Å². The van der Waals surface area contributed by atoms with E-state index >= 15 is 0 Å². The molecule has 0 radical (unpaired) electrons. The lowest BCUT2D eigenvalue weighted by molar-refractivity contribution is 0.288. The molecule has 0 aromatic heterocycles. The lowest BCUT2D eigenvalue weighted by atomic mass is 10.0. The summed E-state index contributed by atoms with van der Waals surface area (Å²) in [6, 6.07) is 6.39. The highest BCUT2D eigenvalue weighted by atomic mass is 16.5. The van der Waals surface area contributed by atoms with Crippen molar-refractivity contribution in [1.29, 1.82) is 0 Å². The third kappa shape index (κ3) is 2.48. The highest BCUT2D eigenvalue weighted by molar-refractivity contribution is 5.37. The molecule has 0 saturated carbocycles. The Morgan fingerprint density at radius 2 is 2.00 bits per heavy atom. The van der Waals surface area contributed by atoms with Gasteiger partial charge in [0.1, 0.15) is 5.75 Å². The normalized spacial score (nSPS) is 13.5. The van der Waals surface area contributed by atoms with Crippen molar-refractivity contribution in [2.75, 3.05) is 6.61 Å². The predicted molar refractivity (Wildman–Crippen MR) is 56.3 cm³/mol. The van der Waals surface area contributed by atoms with Gasteiger partial charge in [-0.1, -0.05) is 31.5 Å². The molecule has 2 rings (SSSR count). The summed E-state index contributed by atoms with van der Waals surface area (Å²) in [5, 5.41) is 0. The van der Waals surface area contributed by atoms with E-state index in [1.807, 2.05) is 13.8 Å². The van der Waals surface area contributed by atoms with Crippen LogP contribution in [0.4, 0.5) is 0 Å². The highest BCUT2D eigenvalue weighted by Gasteiger charge is 2.08. The Labute approximate surface area is 80.7 Å². The maximum absolute atomic E-state index is 5.48. The summed E-state index contributed by atoms with van der Waals surface area (Å²) >= 11 is 0. The average Bonchev–Trinajstić information content (AvgIpc) is 2.21. The molecule has 1 nitrogen and oxygen atoms in total. The summed E-state index contributed by atoms with van der Waals surface area (Å²) in [6.07, 6.45) is 2.34. The lowest BCUT2D eigenvalue weighted by Crippen LogP contribution is -2.07. The zero-order valence-electron chi connectivity index (χ0n) is 8.76. The molecule has 1 aromatic carbocycles. The number of rotatable bonds is 0. The van der Waals surface area contributed by atoms with Gasteiger partial charge in [0.05, 0.1) is 6.61 Å². The largest absolute Gasteiger partial charge is 0.493 e. The van der Waals surface area contributed by atoms with E-state index in [0.29, 0.717) is 0 Å². The zero-order chi connectivity index (χ0) is 9.68. The van der Waals surface area contributed by atoms with Crippen LogP contribution in [0.3, 0.4) is 0 Å². The molecular formula is C12H18O. The van der Waals surface area contributed by atoms with Gasteiger partial charge in [0.15, 0.2) is 0 Å². The van der Waals surface area contributed by atoms with Crippen LogP contribution in [0, 0.1) is 6.92 Å². The van der Waals surface area contributed by atoms with Crippen LogP contribution < -0.4 is 4.74 Å². The van der Waals surface area contributed by atoms with Gasteiger partial charge >= 0.3 is 0 Å². The molecule has 0 unspecified atom stereocenters. The van der Waals surface area contributed by atoms with E-state index in [-0.39, 0.29) is 0 Å². The number of aryl methyl sites for hydroxylation is 2. The van der Waals surface area contributed by atoms with E-state index in [4.69, 9.17) is 4.74 Å². The van der Waals surface area contributed by atoms with Crippen LogP contribution >= 0.6 is 0 Å². The molecule has 1 heterocycles. The van der Waals surface area contributed by atoms with Crippen molar-refractivity contribution in [3.05, 3.63) is 29.3 Å². The zero-order valence-corrected chi connectivity index (χ0v) is 8.76. The van der Waals surface area contributed by atoms with E-state index in [0.717, 1.165) is 18.8 Å². The van der Waals surface area contributed by atoms with Gasteiger partial charge in [0, 0.05) is 0 Å². The smallest absolute Gasteiger partial charge is 0.122 e. The molecule has 1 aromatic rings. The Hall–Kier alpha value is -0.980. The van der Waals surface area contributed by atoms with Gasteiger partial charge in [-0.2, -0.15) is 0 Å². The molecule has 0 atom stereocenters. The number of benzene rings is 1. The maximum atomic E-state index is 5.48. The Balaban J connectivity index is 0.000000396. The molecule has 1 aliphatic rings. The molecule has 0 aliphatic carbocycles. The minimum Gasteiger partial charge on any atom is -0.493 e. The van der Waals surface area contributed by atoms with Crippen molar-refractivity contribution in [2.24, 2.45) is 0 Å². The summed E-state index contributed by atoms with van der Waals surface area (Å²) in [6.45, 7) is 7.00. The van der Waals surface area contributed by atoms with E-state index in [2.05, 4.69) is 25.1 Å². The second kappa shape index (κ2) is 4.90. The molecule has 13 heavy (non-hydrogen) atoms. The van der Waals surface area contributed by atoms with Gasteiger partial charge in [-0.05, 0) is 31.4 Å². The Morgan fingerprint density at radius 1 is 1.23 bits per heavy atom. The fourth-order valence-electron chi connectivity index (χ4n) is 1.49. The molecule has 0 bridgehead atoms. The van der Waals surface area contributed by atoms with Crippen molar-refractivity contribution in [1.82, 2.24) is 0 Å². The number of fused-ring (bicyclic) bond motifs is 1. The number of hydrogen-bond donors (Lipinski definition) is 0. The molecule has 0 N–H and O–H groups in total. The quantitative estimate of drug-likeness (QED) is 0.592. The fourth-order valence-corrected chi connectivity index (χ4v) is 1.49. The maximum Gasteiger partial charge on any atom is 0.122 e. The SMILES string of the molecule is CC.Cc1ccc2c(c1)CCCO2. The molecule has 0 spiro atoms. The van der Waals surface area contributed by atoms with Crippen LogP contribution in [0.1, 0.15) is 31.4 Å². The summed E-state index contributed by atoms with van der Waals surface area (Å²) in [5.41, 5.74) is 2.70. The van der Waals surface area contributed by atoms with E-state index < -0.39 is 0 Å². The van der Waals surface area contributed by atoms with E-state index in [9.17, 15) is 0 Å². The third-order valence-electron chi connectivity index (χ3n) is 2.06. The highest BCUT2D eigenvalue weighted by Crippen LogP contribution is 2.24. The second-order valence-corrected chi connectivity index (χ2v) is 3.06. The van der Waals surface area contributed by atoms with Crippen LogP contribution in [-0.2, 0) is 6.42 Å². The number of hydrogen-bond acceptors (Lipinski definition) is 1. The standard InChI is InChI=1S/C10H12O.C2H6/c1-8-4-5-10-9(7-8)3-2-6-11-10;1-2/h4-5,7H,2-3,6H2,1H3;1-2H3. The van der Waals surface area contributed by atoms with Crippen LogP contribution in [0.25, 0.3) is 0 Å². The summed E-state index contributed by atoms with van der Waals surface area (Å²) in [5.74, 6) is 1.09. The molecule has 0 amide bonds. The molecule has 1 aliphatic heterocycles. The monoisotopic (exact) mass is 178 g/mol. The van der Waals surface area contributed by atoms with Gasteiger partial charge in [0.2, 0.25) is 0 Å². The average molecular weight is 178 g/mol. The lowest BCUT2D eigenvalue weighted by Gasteiger charge is -2.16. The first kappa shape index (κ1) is 10.1. The third-order valence-corrected chi connectivity index (χ3v) is 2.06. The summed E-state index contributed by atoms with van der Waals surface area (Å²) < 4.78 is 5.48. The van der Waals surface area contributed by atoms with Gasteiger partial charge in [-0.25, -0.2) is 0 Å². The van der Waals surface area contributed by atoms with Crippen LogP contribution in [0.15, 0.2) is 18.2 Å². The van der Waals surface area contributed by atoms with Crippen LogP contribution in [0.5, 0.6) is 5.75 Å². The number of ether oxygens (including phenoxy) is 1. The molecule has 0 saturated heterocycles. The molecular weight excluding hydrogens is 160 g/mol. The first-order chi connectivity index (χ1) is 6.36.